The lowest BCUT2D eigenvalue weighted by molar-refractivity contribution is -0.135. The number of hydrogen-bond donors (Lipinski definition) is 1. The Morgan fingerprint density at radius 2 is 2.11 bits per heavy atom. The van der Waals surface area contributed by atoms with Gasteiger partial charge >= 0.3 is 0 Å². The zero-order valence-corrected chi connectivity index (χ0v) is 10.8. The molecule has 0 aromatic heterocycles. The predicted octanol–water partition coefficient (Wildman–Crippen LogP) is 1.61. The van der Waals surface area contributed by atoms with Crippen LogP contribution in [-0.2, 0) is 9.53 Å². The second kappa shape index (κ2) is 4.24. The van der Waals surface area contributed by atoms with Crippen molar-refractivity contribution in [1.29, 1.82) is 5.26 Å². The van der Waals surface area contributed by atoms with Crippen LogP contribution in [0.4, 0.5) is 0 Å². The van der Waals surface area contributed by atoms with Crippen LogP contribution in [-0.4, -0.2) is 24.7 Å². The summed E-state index contributed by atoms with van der Waals surface area (Å²) in [6.45, 7) is 2.83. The van der Waals surface area contributed by atoms with Crippen LogP contribution in [0.5, 0.6) is 0 Å². The molecule has 18 heavy (non-hydrogen) atoms. The van der Waals surface area contributed by atoms with Crippen molar-refractivity contribution >= 4 is 5.91 Å². The van der Waals surface area contributed by atoms with Crippen molar-refractivity contribution in [3.05, 3.63) is 0 Å². The molecular weight excluding hydrogens is 228 g/mol. The third-order valence-electron chi connectivity index (χ3n) is 4.58. The molecule has 0 aromatic carbocycles. The molecule has 4 nitrogen and oxygen atoms in total. The number of carbonyl (C=O) groups excluding carboxylic acids is 1. The molecule has 4 heteroatoms. The third kappa shape index (κ3) is 1.91. The van der Waals surface area contributed by atoms with Crippen LogP contribution in [0, 0.1) is 28.6 Å². The monoisotopic (exact) mass is 248 g/mol. The molecule has 0 bridgehead atoms. The van der Waals surface area contributed by atoms with Gasteiger partial charge in [0.2, 0.25) is 5.91 Å². The fraction of sp³-hybridized carbons (Fsp3) is 0.857. The lowest BCUT2D eigenvalue weighted by Gasteiger charge is -2.40. The molecule has 2 unspecified atom stereocenters. The molecule has 1 aliphatic heterocycles. The lowest BCUT2D eigenvalue weighted by atomic mass is 9.63. The Kier molecular flexibility index (Phi) is 2.82. The Labute approximate surface area is 108 Å². The van der Waals surface area contributed by atoms with Gasteiger partial charge in [-0.05, 0) is 43.9 Å². The number of ether oxygens (including phenoxy) is 1. The molecule has 1 heterocycles. The smallest absolute Gasteiger partial charge is 0.240 e. The third-order valence-corrected chi connectivity index (χ3v) is 4.58. The lowest BCUT2D eigenvalue weighted by Crippen LogP contribution is -2.52. The van der Waals surface area contributed by atoms with Crippen LogP contribution >= 0.6 is 0 Å². The van der Waals surface area contributed by atoms with E-state index in [4.69, 9.17) is 4.74 Å². The highest BCUT2D eigenvalue weighted by molar-refractivity contribution is 5.86. The zero-order valence-electron chi connectivity index (χ0n) is 10.8. The molecule has 1 saturated heterocycles. The minimum absolute atomic E-state index is 0.0655. The van der Waals surface area contributed by atoms with E-state index in [9.17, 15) is 10.1 Å². The van der Waals surface area contributed by atoms with E-state index in [0.29, 0.717) is 24.7 Å². The van der Waals surface area contributed by atoms with Gasteiger partial charge in [0.1, 0.15) is 5.41 Å². The standard InChI is InChI=1S/C14H20N2O2/c1-9-6-14(7-9,8-15)13(17)16-11-4-5-18-12(11)10-2-3-10/h9-12H,2-7H2,1H3,(H,16,17). The summed E-state index contributed by atoms with van der Waals surface area (Å²) in [5, 5.41) is 12.3. The molecule has 2 aliphatic carbocycles. The second-order valence-corrected chi connectivity index (χ2v) is 6.25. The van der Waals surface area contributed by atoms with E-state index >= 15 is 0 Å². The summed E-state index contributed by atoms with van der Waals surface area (Å²) in [7, 11) is 0. The maximum atomic E-state index is 12.3. The predicted molar refractivity (Wildman–Crippen MR) is 65.5 cm³/mol. The maximum absolute atomic E-state index is 12.3. The van der Waals surface area contributed by atoms with Gasteiger partial charge in [-0.1, -0.05) is 6.92 Å². The summed E-state index contributed by atoms with van der Waals surface area (Å²) < 4.78 is 5.71. The zero-order chi connectivity index (χ0) is 12.8. The van der Waals surface area contributed by atoms with E-state index in [-0.39, 0.29) is 18.1 Å². The van der Waals surface area contributed by atoms with E-state index in [1.807, 2.05) is 0 Å². The number of nitriles is 1. The van der Waals surface area contributed by atoms with Gasteiger partial charge in [0.15, 0.2) is 0 Å². The number of nitrogens with zero attached hydrogens (tertiary/aromatic N) is 1. The van der Waals surface area contributed by atoms with E-state index in [0.717, 1.165) is 13.0 Å². The van der Waals surface area contributed by atoms with Crippen molar-refractivity contribution < 1.29 is 9.53 Å². The van der Waals surface area contributed by atoms with Crippen molar-refractivity contribution in [1.82, 2.24) is 5.32 Å². The summed E-state index contributed by atoms with van der Waals surface area (Å²) in [4.78, 5) is 12.3. The van der Waals surface area contributed by atoms with Crippen molar-refractivity contribution in [2.75, 3.05) is 6.61 Å². The Morgan fingerprint density at radius 1 is 1.39 bits per heavy atom. The maximum Gasteiger partial charge on any atom is 0.240 e. The molecule has 0 aromatic rings. The average molecular weight is 248 g/mol. The normalized spacial score (nSPS) is 43.0. The van der Waals surface area contributed by atoms with Crippen LogP contribution in [0.3, 0.4) is 0 Å². The van der Waals surface area contributed by atoms with E-state index in [2.05, 4.69) is 18.3 Å². The Hall–Kier alpha value is -1.08. The van der Waals surface area contributed by atoms with Gasteiger partial charge < -0.3 is 10.1 Å². The highest BCUT2D eigenvalue weighted by Crippen LogP contribution is 2.45. The molecular formula is C14H20N2O2. The molecule has 3 fully saturated rings. The largest absolute Gasteiger partial charge is 0.376 e. The fourth-order valence-corrected chi connectivity index (χ4v) is 3.42. The topological polar surface area (TPSA) is 62.1 Å². The van der Waals surface area contributed by atoms with Crippen molar-refractivity contribution in [2.24, 2.45) is 17.3 Å². The minimum Gasteiger partial charge on any atom is -0.376 e. The van der Waals surface area contributed by atoms with Gasteiger partial charge in [-0.2, -0.15) is 5.26 Å². The first-order chi connectivity index (χ1) is 8.64. The Bertz CT molecular complexity index is 391. The molecule has 2 saturated carbocycles. The Morgan fingerprint density at radius 3 is 2.67 bits per heavy atom. The molecule has 3 rings (SSSR count). The first kappa shape index (κ1) is 12.0. The van der Waals surface area contributed by atoms with Gasteiger partial charge in [-0.25, -0.2) is 0 Å². The molecule has 98 valence electrons. The van der Waals surface area contributed by atoms with Gasteiger partial charge in [0, 0.05) is 6.61 Å². The Balaban J connectivity index is 1.62. The SMILES string of the molecule is CC1CC(C#N)(C(=O)NC2CCOC2C2CC2)C1. The van der Waals surface area contributed by atoms with E-state index < -0.39 is 5.41 Å². The summed E-state index contributed by atoms with van der Waals surface area (Å²) >= 11 is 0. The van der Waals surface area contributed by atoms with Crippen LogP contribution in [0.15, 0.2) is 0 Å². The molecule has 0 radical (unpaired) electrons. The molecule has 1 amide bonds. The number of rotatable bonds is 3. The molecule has 1 N–H and O–H groups in total. The highest BCUT2D eigenvalue weighted by atomic mass is 16.5. The van der Waals surface area contributed by atoms with Crippen LogP contribution in [0.1, 0.15) is 39.0 Å². The number of nitrogens with one attached hydrogen (secondary N) is 1. The van der Waals surface area contributed by atoms with E-state index in [1.54, 1.807) is 0 Å². The molecule has 0 spiro atoms. The fourth-order valence-electron chi connectivity index (χ4n) is 3.42. The minimum atomic E-state index is -0.754. The first-order valence-corrected chi connectivity index (χ1v) is 6.98. The number of carbonyl (C=O) groups is 1. The second-order valence-electron chi connectivity index (χ2n) is 6.25. The van der Waals surface area contributed by atoms with Crippen LogP contribution in [0.25, 0.3) is 0 Å². The summed E-state index contributed by atoms with van der Waals surface area (Å²) in [5.41, 5.74) is -0.754. The molecule has 3 aliphatic rings. The number of hydrogen-bond acceptors (Lipinski definition) is 3. The van der Waals surface area contributed by atoms with Crippen molar-refractivity contribution in [3.63, 3.8) is 0 Å². The summed E-state index contributed by atoms with van der Waals surface area (Å²) in [6.07, 6.45) is 4.94. The van der Waals surface area contributed by atoms with Crippen molar-refractivity contribution in [2.45, 2.75) is 51.2 Å². The van der Waals surface area contributed by atoms with E-state index in [1.165, 1.54) is 12.8 Å². The van der Waals surface area contributed by atoms with Crippen LogP contribution < -0.4 is 5.32 Å². The van der Waals surface area contributed by atoms with Gasteiger partial charge in [-0.3, -0.25) is 4.79 Å². The average Bonchev–Trinajstić information content (AvgIpc) is 3.06. The van der Waals surface area contributed by atoms with Gasteiger partial charge in [-0.15, -0.1) is 0 Å². The van der Waals surface area contributed by atoms with Gasteiger partial charge in [0.05, 0.1) is 18.2 Å². The highest BCUT2D eigenvalue weighted by Gasteiger charge is 2.50. The van der Waals surface area contributed by atoms with Gasteiger partial charge in [0.25, 0.3) is 0 Å². The van der Waals surface area contributed by atoms with Crippen molar-refractivity contribution in [3.8, 4) is 6.07 Å². The quantitative estimate of drug-likeness (QED) is 0.825. The first-order valence-electron chi connectivity index (χ1n) is 6.98. The summed E-state index contributed by atoms with van der Waals surface area (Å²) in [6, 6.07) is 2.36. The molecule has 2 atom stereocenters. The van der Waals surface area contributed by atoms with Crippen LogP contribution in [0.2, 0.25) is 0 Å². The summed E-state index contributed by atoms with van der Waals surface area (Å²) in [5.74, 6) is 1.06. The number of amides is 1.